The molecule has 1 aliphatic heterocycles. The summed E-state index contributed by atoms with van der Waals surface area (Å²) in [5.74, 6) is -0.465. The maximum Gasteiger partial charge on any atom is 0.261 e. The number of carbonyl (C=O) groups excluding carboxylic acids is 2. The Kier molecular flexibility index (Phi) is 3.66. The third kappa shape index (κ3) is 2.07. The van der Waals surface area contributed by atoms with E-state index in [4.69, 9.17) is 0 Å². The molecule has 29 heavy (non-hydrogen) atoms. The number of fused-ring (bicyclic) bond motifs is 2. The maximum absolute atomic E-state index is 12.7. The molecule has 0 N–H and O–H groups in total. The van der Waals surface area contributed by atoms with E-state index in [0.29, 0.717) is 11.1 Å². The standard InChI is InChI=1S/C24H15NO2.C2H6/c1-12-6-7-15-17-9-11-19-22-18(23(26)25(2)24(19)27)10-8-16(21(17)22)14-5-3-4-13(12)20(14)15;1-2/h3-11H,1-2H3;1-2H3. The number of hydrogen-bond acceptors (Lipinski definition) is 2. The molecule has 5 aromatic rings. The van der Waals surface area contributed by atoms with Gasteiger partial charge in [0.2, 0.25) is 0 Å². The lowest BCUT2D eigenvalue weighted by Gasteiger charge is -2.25. The van der Waals surface area contributed by atoms with Gasteiger partial charge in [0.25, 0.3) is 11.8 Å². The summed E-state index contributed by atoms with van der Waals surface area (Å²) in [7, 11) is 1.55. The number of imide groups is 1. The first kappa shape index (κ1) is 17.6. The van der Waals surface area contributed by atoms with Gasteiger partial charge >= 0.3 is 0 Å². The highest BCUT2D eigenvalue weighted by molar-refractivity contribution is 6.38. The molecule has 5 aromatic carbocycles. The van der Waals surface area contributed by atoms with Gasteiger partial charge in [-0.15, -0.1) is 0 Å². The molecular weight excluding hydrogens is 358 g/mol. The molecule has 1 aliphatic rings. The fourth-order valence-corrected chi connectivity index (χ4v) is 4.76. The van der Waals surface area contributed by atoms with Gasteiger partial charge in [0.05, 0.1) is 0 Å². The lowest BCUT2D eigenvalue weighted by Crippen LogP contribution is -2.36. The van der Waals surface area contributed by atoms with Gasteiger partial charge in [0.15, 0.2) is 0 Å². The van der Waals surface area contributed by atoms with Crippen LogP contribution in [0.25, 0.3) is 43.1 Å². The largest absolute Gasteiger partial charge is 0.277 e. The minimum absolute atomic E-state index is 0.232. The Hall–Kier alpha value is -3.46. The molecule has 0 radical (unpaired) electrons. The number of amides is 2. The van der Waals surface area contributed by atoms with E-state index in [1.54, 1.807) is 7.05 Å². The summed E-state index contributed by atoms with van der Waals surface area (Å²) in [5.41, 5.74) is 2.46. The van der Waals surface area contributed by atoms with Crippen molar-refractivity contribution in [3.05, 3.63) is 71.3 Å². The van der Waals surface area contributed by atoms with Gasteiger partial charge in [-0.2, -0.15) is 0 Å². The van der Waals surface area contributed by atoms with Crippen LogP contribution in [0.5, 0.6) is 0 Å². The van der Waals surface area contributed by atoms with Gasteiger partial charge < -0.3 is 0 Å². The lowest BCUT2D eigenvalue weighted by atomic mass is 9.84. The van der Waals surface area contributed by atoms with E-state index in [0.717, 1.165) is 21.5 Å². The second-order valence-electron chi connectivity index (χ2n) is 7.40. The molecule has 3 nitrogen and oxygen atoms in total. The first-order valence-corrected chi connectivity index (χ1v) is 10.0. The van der Waals surface area contributed by atoms with Crippen LogP contribution in [-0.4, -0.2) is 23.8 Å². The summed E-state index contributed by atoms with van der Waals surface area (Å²) >= 11 is 0. The Morgan fingerprint density at radius 3 is 1.69 bits per heavy atom. The third-order valence-electron chi connectivity index (χ3n) is 6.07. The Labute approximate surface area is 168 Å². The quantitative estimate of drug-likeness (QED) is 0.180. The van der Waals surface area contributed by atoms with Crippen molar-refractivity contribution in [2.75, 3.05) is 7.05 Å². The Morgan fingerprint density at radius 2 is 1.07 bits per heavy atom. The third-order valence-corrected chi connectivity index (χ3v) is 6.07. The number of aryl methyl sites for hydroxylation is 1. The summed E-state index contributed by atoms with van der Waals surface area (Å²) in [6, 6.07) is 18.5. The normalized spacial score (nSPS) is 13.6. The highest BCUT2D eigenvalue weighted by Gasteiger charge is 2.31. The van der Waals surface area contributed by atoms with Crippen LogP contribution in [0.15, 0.2) is 54.6 Å². The minimum Gasteiger partial charge on any atom is -0.277 e. The van der Waals surface area contributed by atoms with Crippen LogP contribution >= 0.6 is 0 Å². The van der Waals surface area contributed by atoms with Gasteiger partial charge in [-0.25, -0.2) is 0 Å². The first-order valence-electron chi connectivity index (χ1n) is 10.0. The Balaban J connectivity index is 0.000000882. The second kappa shape index (κ2) is 6.02. The monoisotopic (exact) mass is 379 g/mol. The van der Waals surface area contributed by atoms with Crippen molar-refractivity contribution < 1.29 is 9.59 Å². The SMILES string of the molecule is CC.Cc1ccc2c3ccc4c5c(ccc(c6cccc1c62)c53)C(=O)N(C)C4=O. The molecule has 0 atom stereocenters. The van der Waals surface area contributed by atoms with Crippen LogP contribution in [0.1, 0.15) is 40.1 Å². The number of rotatable bonds is 0. The van der Waals surface area contributed by atoms with Crippen molar-refractivity contribution >= 4 is 54.9 Å². The van der Waals surface area contributed by atoms with Gasteiger partial charge in [-0.3, -0.25) is 14.5 Å². The molecule has 0 aromatic heterocycles. The van der Waals surface area contributed by atoms with Crippen molar-refractivity contribution in [1.29, 1.82) is 0 Å². The van der Waals surface area contributed by atoms with Crippen LogP contribution in [0.2, 0.25) is 0 Å². The van der Waals surface area contributed by atoms with E-state index >= 15 is 0 Å². The molecule has 0 spiro atoms. The molecule has 2 amide bonds. The van der Waals surface area contributed by atoms with Crippen LogP contribution in [0.3, 0.4) is 0 Å². The van der Waals surface area contributed by atoms with E-state index < -0.39 is 0 Å². The molecule has 0 saturated heterocycles. The minimum atomic E-state index is -0.232. The van der Waals surface area contributed by atoms with Crippen LogP contribution < -0.4 is 0 Å². The van der Waals surface area contributed by atoms with Gasteiger partial charge in [0.1, 0.15) is 0 Å². The molecule has 3 heteroatoms. The predicted octanol–water partition coefficient (Wildman–Crippen LogP) is 6.30. The molecule has 0 bridgehead atoms. The zero-order valence-electron chi connectivity index (χ0n) is 17.0. The lowest BCUT2D eigenvalue weighted by molar-refractivity contribution is 0.0651. The molecule has 0 fully saturated rings. The highest BCUT2D eigenvalue weighted by atomic mass is 16.2. The Bertz CT molecular complexity index is 1410. The van der Waals surface area contributed by atoms with Crippen molar-refractivity contribution in [3.8, 4) is 0 Å². The molecule has 0 unspecified atom stereocenters. The van der Waals surface area contributed by atoms with Gasteiger partial charge in [0, 0.05) is 23.6 Å². The fourth-order valence-electron chi connectivity index (χ4n) is 4.76. The van der Waals surface area contributed by atoms with Crippen LogP contribution in [0, 0.1) is 6.92 Å². The topological polar surface area (TPSA) is 37.4 Å². The van der Waals surface area contributed by atoms with E-state index in [9.17, 15) is 9.59 Å². The number of benzene rings is 5. The van der Waals surface area contributed by atoms with Gasteiger partial charge in [-0.05, 0) is 62.3 Å². The van der Waals surface area contributed by atoms with Gasteiger partial charge in [-0.1, -0.05) is 56.3 Å². The zero-order valence-corrected chi connectivity index (χ0v) is 17.0. The molecule has 0 saturated carbocycles. The van der Waals surface area contributed by atoms with E-state index in [-0.39, 0.29) is 11.8 Å². The summed E-state index contributed by atoms with van der Waals surface area (Å²) in [5, 5.41) is 8.83. The predicted molar refractivity (Wildman–Crippen MR) is 120 cm³/mol. The smallest absolute Gasteiger partial charge is 0.261 e. The first-order chi connectivity index (χ1) is 14.1. The summed E-state index contributed by atoms with van der Waals surface area (Å²) in [4.78, 5) is 26.7. The van der Waals surface area contributed by atoms with Crippen molar-refractivity contribution in [2.24, 2.45) is 0 Å². The van der Waals surface area contributed by atoms with Crippen molar-refractivity contribution in [3.63, 3.8) is 0 Å². The van der Waals surface area contributed by atoms with E-state index in [1.807, 2.05) is 38.1 Å². The fraction of sp³-hybridized carbons (Fsp3) is 0.154. The van der Waals surface area contributed by atoms with E-state index in [2.05, 4.69) is 37.3 Å². The maximum atomic E-state index is 12.7. The Morgan fingerprint density at radius 1 is 0.586 bits per heavy atom. The molecule has 1 heterocycles. The average Bonchev–Trinajstić information content (AvgIpc) is 2.77. The molecule has 0 aliphatic carbocycles. The zero-order chi connectivity index (χ0) is 20.4. The average molecular weight is 379 g/mol. The van der Waals surface area contributed by atoms with E-state index in [1.165, 1.54) is 32.0 Å². The number of hydrogen-bond donors (Lipinski definition) is 0. The summed E-state index contributed by atoms with van der Waals surface area (Å²) < 4.78 is 0. The molecular formula is C26H21NO2. The van der Waals surface area contributed by atoms with Crippen LogP contribution in [0.4, 0.5) is 0 Å². The highest BCUT2D eigenvalue weighted by Crippen LogP contribution is 2.43. The summed E-state index contributed by atoms with van der Waals surface area (Å²) in [6.07, 6.45) is 0. The number of nitrogens with zero attached hydrogens (tertiary/aromatic N) is 1. The van der Waals surface area contributed by atoms with Crippen molar-refractivity contribution in [1.82, 2.24) is 4.90 Å². The molecule has 6 rings (SSSR count). The van der Waals surface area contributed by atoms with Crippen LogP contribution in [-0.2, 0) is 0 Å². The molecule has 142 valence electrons. The number of carbonyl (C=O) groups is 2. The second-order valence-corrected chi connectivity index (χ2v) is 7.40. The summed E-state index contributed by atoms with van der Waals surface area (Å²) in [6.45, 7) is 6.13. The van der Waals surface area contributed by atoms with Crippen molar-refractivity contribution in [2.45, 2.75) is 20.8 Å².